The predicted octanol–water partition coefficient (Wildman–Crippen LogP) is 2.78. The highest BCUT2D eigenvalue weighted by molar-refractivity contribution is 5.32. The van der Waals surface area contributed by atoms with Crippen LogP contribution in [0, 0.1) is 12.8 Å². The molecule has 1 unspecified atom stereocenters. The van der Waals surface area contributed by atoms with Crippen LogP contribution in [0.2, 0.25) is 0 Å². The van der Waals surface area contributed by atoms with E-state index in [-0.39, 0.29) is 0 Å². The van der Waals surface area contributed by atoms with Crippen molar-refractivity contribution in [3.63, 3.8) is 0 Å². The maximum atomic E-state index is 4.66. The summed E-state index contributed by atoms with van der Waals surface area (Å²) in [6.45, 7) is 5.19. The van der Waals surface area contributed by atoms with Crippen LogP contribution in [-0.2, 0) is 6.54 Å². The SMILES string of the molecule is Cc1ccnc(N2CCCC(c3nccn3CC3CC3)C2)n1. The second kappa shape index (κ2) is 5.71. The van der Waals surface area contributed by atoms with Crippen LogP contribution in [0.5, 0.6) is 0 Å². The van der Waals surface area contributed by atoms with Crippen LogP contribution in [-0.4, -0.2) is 32.6 Å². The zero-order chi connectivity index (χ0) is 14.9. The van der Waals surface area contributed by atoms with Gasteiger partial charge in [-0.25, -0.2) is 15.0 Å². The molecule has 1 saturated carbocycles. The number of anilines is 1. The number of hydrogen-bond acceptors (Lipinski definition) is 4. The number of nitrogens with zero attached hydrogens (tertiary/aromatic N) is 5. The number of piperidine rings is 1. The van der Waals surface area contributed by atoms with Crippen LogP contribution in [0.15, 0.2) is 24.7 Å². The van der Waals surface area contributed by atoms with Gasteiger partial charge in [0.25, 0.3) is 0 Å². The first-order valence-corrected chi connectivity index (χ1v) is 8.35. The summed E-state index contributed by atoms with van der Waals surface area (Å²) in [7, 11) is 0. The lowest BCUT2D eigenvalue weighted by Gasteiger charge is -2.32. The topological polar surface area (TPSA) is 46.8 Å². The van der Waals surface area contributed by atoms with Gasteiger partial charge in [-0.05, 0) is 44.6 Å². The molecule has 0 radical (unpaired) electrons. The molecule has 1 saturated heterocycles. The van der Waals surface area contributed by atoms with Gasteiger partial charge in [0.15, 0.2) is 0 Å². The normalized spacial score (nSPS) is 22.0. The molecule has 0 amide bonds. The van der Waals surface area contributed by atoms with E-state index >= 15 is 0 Å². The highest BCUT2D eigenvalue weighted by Crippen LogP contribution is 2.33. The zero-order valence-electron chi connectivity index (χ0n) is 13.1. The van der Waals surface area contributed by atoms with Crippen molar-refractivity contribution >= 4 is 5.95 Å². The molecule has 4 rings (SSSR count). The van der Waals surface area contributed by atoms with E-state index in [1.165, 1.54) is 31.5 Å². The molecule has 5 heteroatoms. The van der Waals surface area contributed by atoms with Gasteiger partial charge in [0.2, 0.25) is 5.95 Å². The first-order valence-electron chi connectivity index (χ1n) is 8.35. The number of rotatable bonds is 4. The first-order chi connectivity index (χ1) is 10.8. The Kier molecular flexibility index (Phi) is 3.56. The summed E-state index contributed by atoms with van der Waals surface area (Å²) in [6, 6.07) is 1.95. The fourth-order valence-electron chi connectivity index (χ4n) is 3.37. The van der Waals surface area contributed by atoms with E-state index in [1.54, 1.807) is 0 Å². The molecule has 5 nitrogen and oxygen atoms in total. The van der Waals surface area contributed by atoms with E-state index in [9.17, 15) is 0 Å². The molecule has 0 aromatic carbocycles. The Bertz CT molecular complexity index is 646. The molecule has 2 aromatic heterocycles. The lowest BCUT2D eigenvalue weighted by atomic mass is 9.97. The Balaban J connectivity index is 1.52. The Hall–Kier alpha value is -1.91. The van der Waals surface area contributed by atoms with Gasteiger partial charge >= 0.3 is 0 Å². The smallest absolute Gasteiger partial charge is 0.225 e. The maximum Gasteiger partial charge on any atom is 0.225 e. The average molecular weight is 297 g/mol. The standard InChI is InChI=1S/C17H23N5/c1-13-6-7-19-17(20-13)22-9-2-3-15(12-22)16-18-8-10-21(16)11-14-4-5-14/h6-8,10,14-15H,2-5,9,11-12H2,1H3. The molecule has 116 valence electrons. The van der Waals surface area contributed by atoms with Crippen molar-refractivity contribution in [1.82, 2.24) is 19.5 Å². The Morgan fingerprint density at radius 1 is 1.18 bits per heavy atom. The van der Waals surface area contributed by atoms with Crippen molar-refractivity contribution in [1.29, 1.82) is 0 Å². The summed E-state index contributed by atoms with van der Waals surface area (Å²) < 4.78 is 2.38. The van der Waals surface area contributed by atoms with Crippen molar-refractivity contribution in [2.24, 2.45) is 5.92 Å². The van der Waals surface area contributed by atoms with Crippen LogP contribution in [0.25, 0.3) is 0 Å². The molecule has 2 fully saturated rings. The molecule has 0 spiro atoms. The van der Waals surface area contributed by atoms with E-state index in [1.807, 2.05) is 25.4 Å². The highest BCUT2D eigenvalue weighted by Gasteiger charge is 2.28. The second-order valence-electron chi connectivity index (χ2n) is 6.66. The second-order valence-corrected chi connectivity index (χ2v) is 6.66. The highest BCUT2D eigenvalue weighted by atomic mass is 15.3. The van der Waals surface area contributed by atoms with Crippen LogP contribution in [0.1, 0.15) is 43.1 Å². The van der Waals surface area contributed by atoms with Crippen LogP contribution >= 0.6 is 0 Å². The molecule has 1 atom stereocenters. The van der Waals surface area contributed by atoms with E-state index in [4.69, 9.17) is 0 Å². The molecular weight excluding hydrogens is 274 g/mol. The molecule has 1 aliphatic heterocycles. The van der Waals surface area contributed by atoms with Crippen molar-refractivity contribution < 1.29 is 0 Å². The van der Waals surface area contributed by atoms with Crippen LogP contribution in [0.3, 0.4) is 0 Å². The van der Waals surface area contributed by atoms with Gasteiger partial charge in [-0.2, -0.15) is 0 Å². The minimum Gasteiger partial charge on any atom is -0.340 e. The summed E-state index contributed by atoms with van der Waals surface area (Å²) >= 11 is 0. The van der Waals surface area contributed by atoms with E-state index in [0.717, 1.165) is 37.2 Å². The summed E-state index contributed by atoms with van der Waals surface area (Å²) in [5.74, 6) is 3.49. The lowest BCUT2D eigenvalue weighted by molar-refractivity contribution is 0.459. The summed E-state index contributed by atoms with van der Waals surface area (Å²) in [6.07, 6.45) is 11.1. The Labute approximate surface area is 131 Å². The first kappa shape index (κ1) is 13.7. The molecule has 0 bridgehead atoms. The molecule has 22 heavy (non-hydrogen) atoms. The monoisotopic (exact) mass is 297 g/mol. The van der Waals surface area contributed by atoms with Crippen molar-refractivity contribution in [2.75, 3.05) is 18.0 Å². The van der Waals surface area contributed by atoms with Gasteiger partial charge in [-0.1, -0.05) is 0 Å². The third-order valence-electron chi connectivity index (χ3n) is 4.75. The molecular formula is C17H23N5. The van der Waals surface area contributed by atoms with Crippen molar-refractivity contribution in [2.45, 2.75) is 45.1 Å². The zero-order valence-corrected chi connectivity index (χ0v) is 13.1. The number of aromatic nitrogens is 4. The summed E-state index contributed by atoms with van der Waals surface area (Å²) in [5, 5.41) is 0. The summed E-state index contributed by atoms with van der Waals surface area (Å²) in [4.78, 5) is 16.0. The maximum absolute atomic E-state index is 4.66. The third kappa shape index (κ3) is 2.85. The van der Waals surface area contributed by atoms with Crippen molar-refractivity contribution in [3.05, 3.63) is 36.2 Å². The quantitative estimate of drug-likeness (QED) is 0.870. The third-order valence-corrected chi connectivity index (χ3v) is 4.75. The van der Waals surface area contributed by atoms with Gasteiger partial charge in [0.1, 0.15) is 5.82 Å². The predicted molar refractivity (Wildman–Crippen MR) is 85.9 cm³/mol. The van der Waals surface area contributed by atoms with E-state index in [0.29, 0.717) is 5.92 Å². The van der Waals surface area contributed by atoms with Gasteiger partial charge < -0.3 is 9.47 Å². The van der Waals surface area contributed by atoms with E-state index in [2.05, 4.69) is 30.6 Å². The van der Waals surface area contributed by atoms with Gasteiger partial charge in [0.05, 0.1) is 0 Å². The fraction of sp³-hybridized carbons (Fsp3) is 0.588. The average Bonchev–Trinajstić information content (AvgIpc) is 3.23. The van der Waals surface area contributed by atoms with Gasteiger partial charge in [-0.15, -0.1) is 0 Å². The Morgan fingerprint density at radius 2 is 2.09 bits per heavy atom. The molecule has 1 aliphatic carbocycles. The minimum absolute atomic E-state index is 0.492. The largest absolute Gasteiger partial charge is 0.340 e. The van der Waals surface area contributed by atoms with Gasteiger partial charge in [-0.3, -0.25) is 0 Å². The molecule has 2 aromatic rings. The van der Waals surface area contributed by atoms with Gasteiger partial charge in [0, 0.05) is 49.8 Å². The molecule has 2 aliphatic rings. The van der Waals surface area contributed by atoms with Crippen LogP contribution in [0.4, 0.5) is 5.95 Å². The van der Waals surface area contributed by atoms with Crippen molar-refractivity contribution in [3.8, 4) is 0 Å². The van der Waals surface area contributed by atoms with Crippen LogP contribution < -0.4 is 4.90 Å². The lowest BCUT2D eigenvalue weighted by Crippen LogP contribution is -2.36. The molecule has 3 heterocycles. The molecule has 0 N–H and O–H groups in total. The summed E-state index contributed by atoms with van der Waals surface area (Å²) in [5.41, 5.74) is 1.03. The number of aryl methyl sites for hydroxylation is 1. The van der Waals surface area contributed by atoms with E-state index < -0.39 is 0 Å². The minimum atomic E-state index is 0.492. The number of imidazole rings is 1. The fourth-order valence-corrected chi connectivity index (χ4v) is 3.37. The Morgan fingerprint density at radius 3 is 2.91 bits per heavy atom. The number of hydrogen-bond donors (Lipinski definition) is 0.